The van der Waals surface area contributed by atoms with Crippen molar-refractivity contribution in [2.45, 2.75) is 6.92 Å². The van der Waals surface area contributed by atoms with Crippen LogP contribution in [0.4, 0.5) is 5.82 Å². The maximum Gasteiger partial charge on any atom is 0.230 e. The van der Waals surface area contributed by atoms with Crippen molar-refractivity contribution < 1.29 is 8.42 Å². The van der Waals surface area contributed by atoms with Crippen molar-refractivity contribution in [1.29, 1.82) is 0 Å². The molecule has 2 heterocycles. The lowest BCUT2D eigenvalue weighted by molar-refractivity contribution is 0.606. The third kappa shape index (κ3) is 3.57. The van der Waals surface area contributed by atoms with Crippen LogP contribution < -0.4 is 4.72 Å². The van der Waals surface area contributed by atoms with E-state index in [0.29, 0.717) is 5.82 Å². The summed E-state index contributed by atoms with van der Waals surface area (Å²) in [6.45, 7) is 2.02. The van der Waals surface area contributed by atoms with E-state index in [1.807, 2.05) is 43.5 Å². The van der Waals surface area contributed by atoms with Crippen molar-refractivity contribution in [3.63, 3.8) is 0 Å². The SMILES string of the molecule is Cc1ccc(-c2ccc(NS(C)(=O)=O)nc2)c(-n2cccn2)c1. The average Bonchev–Trinajstić information content (AvgIpc) is 3.01. The summed E-state index contributed by atoms with van der Waals surface area (Å²) in [6, 6.07) is 11.4. The van der Waals surface area contributed by atoms with Crippen molar-refractivity contribution in [2.24, 2.45) is 0 Å². The number of pyridine rings is 1. The fourth-order valence-corrected chi connectivity index (χ4v) is 2.79. The Hall–Kier alpha value is -2.67. The van der Waals surface area contributed by atoms with E-state index in [2.05, 4.69) is 14.8 Å². The van der Waals surface area contributed by atoms with Gasteiger partial charge in [0.15, 0.2) is 0 Å². The molecule has 0 fully saturated rings. The van der Waals surface area contributed by atoms with Crippen molar-refractivity contribution in [3.05, 3.63) is 60.6 Å². The van der Waals surface area contributed by atoms with Gasteiger partial charge < -0.3 is 0 Å². The summed E-state index contributed by atoms with van der Waals surface area (Å²) >= 11 is 0. The highest BCUT2D eigenvalue weighted by atomic mass is 32.2. The highest BCUT2D eigenvalue weighted by molar-refractivity contribution is 7.92. The minimum Gasteiger partial charge on any atom is -0.268 e. The van der Waals surface area contributed by atoms with Gasteiger partial charge in [-0.3, -0.25) is 4.72 Å². The van der Waals surface area contributed by atoms with E-state index in [4.69, 9.17) is 0 Å². The molecule has 2 aromatic heterocycles. The second kappa shape index (κ2) is 5.85. The Morgan fingerprint density at radius 3 is 2.61 bits per heavy atom. The van der Waals surface area contributed by atoms with E-state index in [9.17, 15) is 8.42 Å². The first-order valence-electron chi connectivity index (χ1n) is 6.97. The topological polar surface area (TPSA) is 76.9 Å². The lowest BCUT2D eigenvalue weighted by Gasteiger charge is -2.11. The predicted molar refractivity (Wildman–Crippen MR) is 90.0 cm³/mol. The molecule has 23 heavy (non-hydrogen) atoms. The van der Waals surface area contributed by atoms with E-state index in [-0.39, 0.29) is 0 Å². The predicted octanol–water partition coefficient (Wildman–Crippen LogP) is 2.61. The molecule has 7 heteroatoms. The van der Waals surface area contributed by atoms with E-state index in [0.717, 1.165) is 28.6 Å². The number of rotatable bonds is 4. The van der Waals surface area contributed by atoms with Crippen LogP contribution in [0, 0.1) is 6.92 Å². The van der Waals surface area contributed by atoms with E-state index in [1.165, 1.54) is 0 Å². The number of nitrogens with zero attached hydrogens (tertiary/aromatic N) is 3. The first-order valence-corrected chi connectivity index (χ1v) is 8.86. The Bertz CT molecular complexity index is 917. The fourth-order valence-electron chi connectivity index (χ4n) is 2.29. The van der Waals surface area contributed by atoms with Crippen LogP contribution in [-0.4, -0.2) is 29.4 Å². The Kier molecular flexibility index (Phi) is 3.87. The maximum atomic E-state index is 11.2. The largest absolute Gasteiger partial charge is 0.268 e. The van der Waals surface area contributed by atoms with Crippen molar-refractivity contribution in [3.8, 4) is 16.8 Å². The molecular weight excluding hydrogens is 312 g/mol. The van der Waals surface area contributed by atoms with Crippen LogP contribution in [0.3, 0.4) is 0 Å². The molecule has 6 nitrogen and oxygen atoms in total. The zero-order valence-corrected chi connectivity index (χ0v) is 13.6. The number of aromatic nitrogens is 3. The summed E-state index contributed by atoms with van der Waals surface area (Å²) in [4.78, 5) is 4.17. The molecule has 0 bridgehead atoms. The number of sulfonamides is 1. The molecule has 3 rings (SSSR count). The minimum absolute atomic E-state index is 0.295. The van der Waals surface area contributed by atoms with Gasteiger partial charge in [-0.1, -0.05) is 12.1 Å². The lowest BCUT2D eigenvalue weighted by Crippen LogP contribution is -2.10. The molecular formula is C16H16N4O2S. The normalized spacial score (nSPS) is 11.4. The number of nitrogens with one attached hydrogen (secondary N) is 1. The molecule has 0 saturated carbocycles. The Balaban J connectivity index is 2.02. The van der Waals surface area contributed by atoms with Gasteiger partial charge >= 0.3 is 0 Å². The van der Waals surface area contributed by atoms with Crippen molar-refractivity contribution in [1.82, 2.24) is 14.8 Å². The molecule has 0 aliphatic rings. The smallest absolute Gasteiger partial charge is 0.230 e. The number of hydrogen-bond donors (Lipinski definition) is 1. The van der Waals surface area contributed by atoms with Crippen LogP contribution in [-0.2, 0) is 10.0 Å². The highest BCUT2D eigenvalue weighted by Gasteiger charge is 2.09. The first kappa shape index (κ1) is 15.2. The molecule has 0 radical (unpaired) electrons. The lowest BCUT2D eigenvalue weighted by atomic mass is 10.0. The first-order chi connectivity index (χ1) is 10.9. The van der Waals surface area contributed by atoms with Gasteiger partial charge in [0, 0.05) is 29.7 Å². The second-order valence-corrected chi connectivity index (χ2v) is 7.03. The average molecular weight is 328 g/mol. The molecule has 118 valence electrons. The summed E-state index contributed by atoms with van der Waals surface area (Å²) in [5.74, 6) is 0.295. The molecule has 0 amide bonds. The van der Waals surface area contributed by atoms with Gasteiger partial charge in [-0.15, -0.1) is 0 Å². The summed E-state index contributed by atoms with van der Waals surface area (Å²) in [5, 5.41) is 4.28. The Morgan fingerprint density at radius 1 is 1.17 bits per heavy atom. The molecule has 0 unspecified atom stereocenters. The number of anilines is 1. The molecule has 0 saturated heterocycles. The zero-order chi connectivity index (χ0) is 16.4. The van der Waals surface area contributed by atoms with Crippen LogP contribution in [0.2, 0.25) is 0 Å². The summed E-state index contributed by atoms with van der Waals surface area (Å²) < 4.78 is 26.6. The number of hydrogen-bond acceptors (Lipinski definition) is 4. The third-order valence-corrected chi connectivity index (χ3v) is 3.85. The second-order valence-electron chi connectivity index (χ2n) is 5.28. The maximum absolute atomic E-state index is 11.2. The molecule has 0 atom stereocenters. The van der Waals surface area contributed by atoms with Crippen LogP contribution >= 0.6 is 0 Å². The van der Waals surface area contributed by atoms with Gasteiger partial charge in [-0.25, -0.2) is 18.1 Å². The van der Waals surface area contributed by atoms with Gasteiger partial charge in [-0.2, -0.15) is 5.10 Å². The van der Waals surface area contributed by atoms with Crippen LogP contribution in [0.5, 0.6) is 0 Å². The zero-order valence-electron chi connectivity index (χ0n) is 12.8. The van der Waals surface area contributed by atoms with E-state index < -0.39 is 10.0 Å². The van der Waals surface area contributed by atoms with Gasteiger partial charge in [0.25, 0.3) is 0 Å². The standard InChI is InChI=1S/C16H16N4O2S/c1-12-4-6-14(15(10-12)20-9-3-8-18-20)13-5-7-16(17-11-13)19-23(2,21)22/h3-11H,1-2H3,(H,17,19). The monoisotopic (exact) mass is 328 g/mol. The van der Waals surface area contributed by atoms with Gasteiger partial charge in [0.05, 0.1) is 11.9 Å². The molecule has 1 N–H and O–H groups in total. The molecule has 0 aliphatic carbocycles. The van der Waals surface area contributed by atoms with Gasteiger partial charge in [0.1, 0.15) is 5.82 Å². The number of benzene rings is 1. The molecule has 3 aromatic rings. The van der Waals surface area contributed by atoms with E-state index in [1.54, 1.807) is 23.1 Å². The van der Waals surface area contributed by atoms with Crippen LogP contribution in [0.15, 0.2) is 55.0 Å². The highest BCUT2D eigenvalue weighted by Crippen LogP contribution is 2.27. The van der Waals surface area contributed by atoms with Crippen LogP contribution in [0.1, 0.15) is 5.56 Å². The summed E-state index contributed by atoms with van der Waals surface area (Å²) in [6.07, 6.45) is 6.35. The quantitative estimate of drug-likeness (QED) is 0.798. The Labute approximate surface area is 134 Å². The molecule has 0 aliphatic heterocycles. The summed E-state index contributed by atoms with van der Waals surface area (Å²) in [7, 11) is -3.33. The molecule has 0 spiro atoms. The van der Waals surface area contributed by atoms with Gasteiger partial charge in [-0.05, 0) is 36.8 Å². The molecule has 1 aromatic carbocycles. The van der Waals surface area contributed by atoms with Crippen molar-refractivity contribution >= 4 is 15.8 Å². The number of aryl methyl sites for hydroxylation is 1. The Morgan fingerprint density at radius 2 is 2.00 bits per heavy atom. The van der Waals surface area contributed by atoms with Crippen molar-refractivity contribution in [2.75, 3.05) is 11.0 Å². The third-order valence-electron chi connectivity index (χ3n) is 3.27. The minimum atomic E-state index is -3.33. The van der Waals surface area contributed by atoms with Crippen LogP contribution in [0.25, 0.3) is 16.8 Å². The summed E-state index contributed by atoms with van der Waals surface area (Å²) in [5.41, 5.74) is 3.93. The van der Waals surface area contributed by atoms with E-state index >= 15 is 0 Å². The fraction of sp³-hybridized carbons (Fsp3) is 0.125. The van der Waals surface area contributed by atoms with Gasteiger partial charge in [0.2, 0.25) is 10.0 Å².